The fourth-order valence-electron chi connectivity index (χ4n) is 4.29. The van der Waals surface area contributed by atoms with Crippen LogP contribution in [-0.4, -0.2) is 70.0 Å². The average molecular weight is 447 g/mol. The molecule has 1 amide bonds. The molecule has 0 spiro atoms. The number of nitrogens with zero attached hydrogens (tertiary/aromatic N) is 3. The zero-order valence-electron chi connectivity index (χ0n) is 20.6. The number of rotatable bonds is 4. The lowest BCUT2D eigenvalue weighted by Gasteiger charge is -2.40. The molecule has 1 aliphatic carbocycles. The standard InChI is InChI=1S/C23H38BN3O5/c1-21(2,3)30-20(28)26-10-8-18(9-11-26)29-19-12-17(13-19)27-15-16(14-25-27)24-31-22(4,5)23(6,7)32-24/h14-15,17-19H,8-13H2,1-7H3/t17-,19-. The van der Waals surface area contributed by atoms with E-state index in [1.165, 1.54) is 0 Å². The number of hydrogen-bond donors (Lipinski definition) is 0. The van der Waals surface area contributed by atoms with Crippen LogP contribution in [0.5, 0.6) is 0 Å². The second-order valence-corrected chi connectivity index (χ2v) is 11.4. The molecule has 3 aliphatic rings. The van der Waals surface area contributed by atoms with Gasteiger partial charge in [0.15, 0.2) is 0 Å². The minimum Gasteiger partial charge on any atom is -0.444 e. The van der Waals surface area contributed by atoms with Crippen LogP contribution in [0.15, 0.2) is 12.4 Å². The molecule has 178 valence electrons. The molecular formula is C23H38BN3O5. The molecule has 0 radical (unpaired) electrons. The zero-order valence-corrected chi connectivity index (χ0v) is 20.6. The number of likely N-dealkylation sites (tertiary alicyclic amines) is 1. The smallest absolute Gasteiger partial charge is 0.444 e. The first-order valence-corrected chi connectivity index (χ1v) is 11.9. The zero-order chi connectivity index (χ0) is 23.3. The molecule has 0 bridgehead atoms. The van der Waals surface area contributed by atoms with Crippen LogP contribution in [0.1, 0.15) is 80.2 Å². The predicted octanol–water partition coefficient (Wildman–Crippen LogP) is 3.30. The van der Waals surface area contributed by atoms with E-state index >= 15 is 0 Å². The summed E-state index contributed by atoms with van der Waals surface area (Å²) in [5, 5.41) is 4.56. The van der Waals surface area contributed by atoms with E-state index in [9.17, 15) is 4.79 Å². The topological polar surface area (TPSA) is 75.0 Å². The van der Waals surface area contributed by atoms with E-state index in [4.69, 9.17) is 18.8 Å². The quantitative estimate of drug-likeness (QED) is 0.660. The van der Waals surface area contributed by atoms with Crippen LogP contribution in [-0.2, 0) is 18.8 Å². The van der Waals surface area contributed by atoms with Crippen LogP contribution in [0.2, 0.25) is 0 Å². The molecule has 4 rings (SSSR count). The van der Waals surface area contributed by atoms with Crippen molar-refractivity contribution >= 4 is 18.7 Å². The van der Waals surface area contributed by atoms with Crippen molar-refractivity contribution in [2.45, 2.75) is 109 Å². The number of aromatic nitrogens is 2. The van der Waals surface area contributed by atoms with Crippen LogP contribution in [0.4, 0.5) is 4.79 Å². The van der Waals surface area contributed by atoms with Gasteiger partial charge in [-0.15, -0.1) is 0 Å². The number of carbonyl (C=O) groups is 1. The summed E-state index contributed by atoms with van der Waals surface area (Å²) in [5.41, 5.74) is -0.203. The van der Waals surface area contributed by atoms with Gasteiger partial charge in [0.1, 0.15) is 5.60 Å². The summed E-state index contributed by atoms with van der Waals surface area (Å²) in [6.07, 6.45) is 7.75. The van der Waals surface area contributed by atoms with Crippen molar-refractivity contribution in [2.75, 3.05) is 13.1 Å². The number of ether oxygens (including phenoxy) is 2. The summed E-state index contributed by atoms with van der Waals surface area (Å²) in [7, 11) is -0.379. The lowest BCUT2D eigenvalue weighted by molar-refractivity contribution is -0.0918. The number of hydrogen-bond acceptors (Lipinski definition) is 6. The predicted molar refractivity (Wildman–Crippen MR) is 122 cm³/mol. The van der Waals surface area contributed by atoms with Crippen LogP contribution < -0.4 is 5.46 Å². The first-order chi connectivity index (χ1) is 14.8. The molecule has 9 heteroatoms. The second-order valence-electron chi connectivity index (χ2n) is 11.4. The lowest BCUT2D eigenvalue weighted by atomic mass is 9.81. The number of amides is 1. The van der Waals surface area contributed by atoms with E-state index in [0.717, 1.165) is 31.1 Å². The van der Waals surface area contributed by atoms with E-state index < -0.39 is 5.60 Å². The minimum atomic E-state index is -0.458. The fraction of sp³-hybridized carbons (Fsp3) is 0.826. The molecule has 2 saturated heterocycles. The summed E-state index contributed by atoms with van der Waals surface area (Å²) < 4.78 is 26.1. The molecular weight excluding hydrogens is 409 g/mol. The Kier molecular flexibility index (Phi) is 6.14. The molecule has 3 fully saturated rings. The maximum absolute atomic E-state index is 12.2. The SMILES string of the molecule is CC(C)(C)OC(=O)N1CCC(O[C@H]2C[C@H](n3cc(B4OC(C)(C)C(C)(C)O4)cn3)C2)CC1. The van der Waals surface area contributed by atoms with E-state index in [2.05, 4.69) is 32.8 Å². The lowest BCUT2D eigenvalue weighted by Crippen LogP contribution is -2.45. The molecule has 2 aliphatic heterocycles. The van der Waals surface area contributed by atoms with Gasteiger partial charge in [-0.3, -0.25) is 4.68 Å². The Morgan fingerprint density at radius 1 is 1.09 bits per heavy atom. The van der Waals surface area contributed by atoms with E-state index in [1.54, 1.807) is 4.90 Å². The Bertz CT molecular complexity index is 804. The number of carbonyl (C=O) groups excluding carboxylic acids is 1. The molecule has 1 saturated carbocycles. The Labute approximate surface area is 192 Å². The van der Waals surface area contributed by atoms with Gasteiger partial charge in [-0.25, -0.2) is 4.79 Å². The molecule has 0 unspecified atom stereocenters. The van der Waals surface area contributed by atoms with Gasteiger partial charge in [-0.05, 0) is 74.1 Å². The van der Waals surface area contributed by atoms with Gasteiger partial charge >= 0.3 is 13.2 Å². The van der Waals surface area contributed by atoms with Gasteiger partial charge < -0.3 is 23.7 Å². The van der Waals surface area contributed by atoms with Crippen molar-refractivity contribution in [3.05, 3.63) is 12.4 Å². The van der Waals surface area contributed by atoms with Crippen molar-refractivity contribution in [3.63, 3.8) is 0 Å². The summed E-state index contributed by atoms with van der Waals surface area (Å²) in [6, 6.07) is 0.345. The Hall–Kier alpha value is -1.58. The summed E-state index contributed by atoms with van der Waals surface area (Å²) in [6.45, 7) is 15.3. The molecule has 1 aromatic heterocycles. The van der Waals surface area contributed by atoms with Gasteiger partial charge in [0.2, 0.25) is 0 Å². The molecule has 1 aromatic rings. The maximum atomic E-state index is 12.2. The number of piperidine rings is 1. The fourth-order valence-corrected chi connectivity index (χ4v) is 4.29. The highest BCUT2D eigenvalue weighted by molar-refractivity contribution is 6.62. The van der Waals surface area contributed by atoms with Crippen molar-refractivity contribution in [2.24, 2.45) is 0 Å². The Balaban J connectivity index is 1.21. The van der Waals surface area contributed by atoms with Gasteiger partial charge in [0.25, 0.3) is 0 Å². The minimum absolute atomic E-state index is 0.206. The van der Waals surface area contributed by atoms with Crippen LogP contribution >= 0.6 is 0 Å². The van der Waals surface area contributed by atoms with Crippen molar-refractivity contribution in [1.82, 2.24) is 14.7 Å². The highest BCUT2D eigenvalue weighted by Gasteiger charge is 2.52. The van der Waals surface area contributed by atoms with Crippen molar-refractivity contribution in [1.29, 1.82) is 0 Å². The van der Waals surface area contributed by atoms with Gasteiger partial charge in [-0.2, -0.15) is 5.10 Å². The third kappa shape index (κ3) is 4.99. The Morgan fingerprint density at radius 3 is 2.25 bits per heavy atom. The third-order valence-corrected chi connectivity index (χ3v) is 7.07. The van der Waals surface area contributed by atoms with Crippen LogP contribution in [0.3, 0.4) is 0 Å². The normalized spacial score (nSPS) is 28.0. The first-order valence-electron chi connectivity index (χ1n) is 11.9. The van der Waals surface area contributed by atoms with E-state index in [0.29, 0.717) is 19.1 Å². The van der Waals surface area contributed by atoms with Gasteiger partial charge in [0, 0.05) is 30.9 Å². The largest absolute Gasteiger partial charge is 0.498 e. The van der Waals surface area contributed by atoms with Crippen molar-refractivity contribution in [3.8, 4) is 0 Å². The second kappa shape index (κ2) is 8.33. The van der Waals surface area contributed by atoms with E-state index in [-0.39, 0.29) is 36.6 Å². The summed E-state index contributed by atoms with van der Waals surface area (Å²) in [5.74, 6) is 0. The molecule has 32 heavy (non-hydrogen) atoms. The molecule has 0 N–H and O–H groups in total. The molecule has 0 atom stereocenters. The van der Waals surface area contributed by atoms with Gasteiger partial charge in [0.05, 0.1) is 29.5 Å². The molecule has 3 heterocycles. The highest BCUT2D eigenvalue weighted by atomic mass is 16.7. The average Bonchev–Trinajstić information content (AvgIpc) is 3.19. The summed E-state index contributed by atoms with van der Waals surface area (Å²) >= 11 is 0. The van der Waals surface area contributed by atoms with E-state index in [1.807, 2.05) is 37.8 Å². The first kappa shape index (κ1) is 23.6. The molecule has 8 nitrogen and oxygen atoms in total. The molecule has 0 aromatic carbocycles. The Morgan fingerprint density at radius 2 is 1.69 bits per heavy atom. The monoisotopic (exact) mass is 447 g/mol. The van der Waals surface area contributed by atoms with Gasteiger partial charge in [-0.1, -0.05) is 0 Å². The summed E-state index contributed by atoms with van der Waals surface area (Å²) in [4.78, 5) is 14.0. The maximum Gasteiger partial charge on any atom is 0.498 e. The highest BCUT2D eigenvalue weighted by Crippen LogP contribution is 2.38. The third-order valence-electron chi connectivity index (χ3n) is 7.07. The van der Waals surface area contributed by atoms with Crippen LogP contribution in [0.25, 0.3) is 0 Å². The van der Waals surface area contributed by atoms with Crippen molar-refractivity contribution < 1.29 is 23.6 Å². The van der Waals surface area contributed by atoms with Crippen LogP contribution in [0, 0.1) is 0 Å².